The first-order chi connectivity index (χ1) is 13.0. The second kappa shape index (κ2) is 7.53. The van der Waals surface area contributed by atoms with Crippen LogP contribution in [0, 0.1) is 5.82 Å². The zero-order chi connectivity index (χ0) is 19.0. The van der Waals surface area contributed by atoms with Gasteiger partial charge in [-0.3, -0.25) is 9.69 Å². The second-order valence-corrected chi connectivity index (χ2v) is 7.55. The van der Waals surface area contributed by atoms with Gasteiger partial charge in [-0.25, -0.2) is 13.9 Å². The predicted molar refractivity (Wildman–Crippen MR) is 103 cm³/mol. The Balaban J connectivity index is 1.42. The van der Waals surface area contributed by atoms with Gasteiger partial charge in [0.1, 0.15) is 5.82 Å². The fraction of sp³-hybridized carbons (Fsp3) is 0.278. The number of amides is 1. The summed E-state index contributed by atoms with van der Waals surface area (Å²) in [5, 5.41) is 4.77. The van der Waals surface area contributed by atoms with Gasteiger partial charge >= 0.3 is 0 Å². The molecule has 1 amide bonds. The molecule has 2 aromatic heterocycles. The maximum absolute atomic E-state index is 13.2. The van der Waals surface area contributed by atoms with Crippen LogP contribution in [0.5, 0.6) is 0 Å². The molecule has 27 heavy (non-hydrogen) atoms. The van der Waals surface area contributed by atoms with E-state index in [1.54, 1.807) is 33.9 Å². The van der Waals surface area contributed by atoms with Crippen molar-refractivity contribution in [3.05, 3.63) is 63.2 Å². The lowest BCUT2D eigenvalue weighted by atomic mass is 10.2. The Labute approximate surface area is 168 Å². The maximum Gasteiger partial charge on any atom is 0.275 e. The molecule has 1 fully saturated rings. The molecular weight excluding hydrogens is 437 g/mol. The zero-order valence-corrected chi connectivity index (χ0v) is 16.6. The number of halogens is 3. The number of carbonyl (C=O) groups excluding carboxylic acids is 1. The zero-order valence-electron chi connectivity index (χ0n) is 14.3. The van der Waals surface area contributed by atoms with Crippen molar-refractivity contribution in [1.29, 1.82) is 0 Å². The highest BCUT2D eigenvalue weighted by molar-refractivity contribution is 9.10. The van der Waals surface area contributed by atoms with E-state index in [2.05, 4.69) is 30.9 Å². The molecule has 1 aliphatic heterocycles. The van der Waals surface area contributed by atoms with Crippen LogP contribution in [0.2, 0.25) is 5.02 Å². The van der Waals surface area contributed by atoms with Crippen LogP contribution in [0.1, 0.15) is 16.1 Å². The van der Waals surface area contributed by atoms with Gasteiger partial charge in [-0.15, -0.1) is 0 Å². The summed E-state index contributed by atoms with van der Waals surface area (Å²) >= 11 is 9.55. The van der Waals surface area contributed by atoms with E-state index >= 15 is 0 Å². The Bertz CT molecular complexity index is 1000. The Kier molecular flexibility index (Phi) is 5.12. The molecule has 1 aliphatic rings. The average molecular weight is 453 g/mol. The molecule has 0 N–H and O–H groups in total. The monoisotopic (exact) mass is 451 g/mol. The number of hydrogen-bond acceptors (Lipinski definition) is 4. The molecule has 0 unspecified atom stereocenters. The number of carbonyl (C=O) groups is 1. The van der Waals surface area contributed by atoms with E-state index in [0.717, 1.165) is 5.56 Å². The normalized spacial score (nSPS) is 15.4. The van der Waals surface area contributed by atoms with Gasteiger partial charge in [0.15, 0.2) is 11.3 Å². The van der Waals surface area contributed by atoms with Crippen molar-refractivity contribution in [2.75, 3.05) is 26.2 Å². The summed E-state index contributed by atoms with van der Waals surface area (Å²) in [5.74, 6) is -0.460. The van der Waals surface area contributed by atoms with Gasteiger partial charge in [0.25, 0.3) is 5.91 Å². The van der Waals surface area contributed by atoms with Gasteiger partial charge in [0.2, 0.25) is 0 Å². The molecule has 3 aromatic rings. The first kappa shape index (κ1) is 18.3. The molecule has 3 heterocycles. The van der Waals surface area contributed by atoms with Gasteiger partial charge in [0, 0.05) is 50.1 Å². The molecule has 6 nitrogen and oxygen atoms in total. The van der Waals surface area contributed by atoms with Crippen LogP contribution < -0.4 is 0 Å². The molecule has 0 atom stereocenters. The van der Waals surface area contributed by atoms with E-state index in [9.17, 15) is 9.18 Å². The van der Waals surface area contributed by atoms with Crippen LogP contribution >= 0.6 is 27.5 Å². The minimum atomic E-state index is -0.341. The number of rotatable bonds is 3. The van der Waals surface area contributed by atoms with Crippen molar-refractivity contribution in [3.8, 4) is 0 Å². The van der Waals surface area contributed by atoms with E-state index in [4.69, 9.17) is 11.6 Å². The third-order valence-electron chi connectivity index (χ3n) is 4.61. The summed E-state index contributed by atoms with van der Waals surface area (Å²) in [4.78, 5) is 21.1. The van der Waals surface area contributed by atoms with Crippen molar-refractivity contribution in [3.63, 3.8) is 0 Å². The molecule has 9 heteroatoms. The van der Waals surface area contributed by atoms with Crippen molar-refractivity contribution in [1.82, 2.24) is 24.4 Å². The second-order valence-electron chi connectivity index (χ2n) is 6.35. The Morgan fingerprint density at radius 2 is 2.04 bits per heavy atom. The fourth-order valence-electron chi connectivity index (χ4n) is 3.15. The molecule has 0 saturated carbocycles. The molecule has 1 aromatic carbocycles. The summed E-state index contributed by atoms with van der Waals surface area (Å²) < 4.78 is 15.4. The maximum atomic E-state index is 13.2. The minimum Gasteiger partial charge on any atom is -0.335 e. The number of nitrogens with zero attached hydrogens (tertiary/aromatic N) is 5. The highest BCUT2D eigenvalue weighted by Crippen LogP contribution is 2.23. The van der Waals surface area contributed by atoms with Crippen molar-refractivity contribution in [2.45, 2.75) is 6.54 Å². The van der Waals surface area contributed by atoms with E-state index in [0.29, 0.717) is 53.6 Å². The summed E-state index contributed by atoms with van der Waals surface area (Å²) in [6.07, 6.45) is 3.42. The number of benzene rings is 1. The number of aromatic nitrogens is 3. The van der Waals surface area contributed by atoms with Crippen molar-refractivity contribution >= 4 is 39.1 Å². The third-order valence-corrected chi connectivity index (χ3v) is 5.69. The van der Waals surface area contributed by atoms with E-state index < -0.39 is 0 Å². The SMILES string of the molecule is O=C(c1nn2cccnc2c1Br)N1CCN(Cc2ccc(F)cc2Cl)CC1. The van der Waals surface area contributed by atoms with Crippen LogP contribution in [-0.2, 0) is 6.54 Å². The third kappa shape index (κ3) is 3.69. The molecule has 1 saturated heterocycles. The number of fused-ring (bicyclic) bond motifs is 1. The minimum absolute atomic E-state index is 0.119. The lowest BCUT2D eigenvalue weighted by Gasteiger charge is -2.34. The van der Waals surface area contributed by atoms with Crippen LogP contribution in [0.15, 0.2) is 41.1 Å². The topological polar surface area (TPSA) is 53.7 Å². The number of hydrogen-bond donors (Lipinski definition) is 0. The highest BCUT2D eigenvalue weighted by Gasteiger charge is 2.27. The van der Waals surface area contributed by atoms with E-state index in [-0.39, 0.29) is 11.7 Å². The summed E-state index contributed by atoms with van der Waals surface area (Å²) in [5.41, 5.74) is 1.86. The van der Waals surface area contributed by atoms with Crippen molar-refractivity contribution in [2.24, 2.45) is 0 Å². The average Bonchev–Trinajstić information content (AvgIpc) is 3.01. The van der Waals surface area contributed by atoms with E-state index in [1.165, 1.54) is 12.1 Å². The van der Waals surface area contributed by atoms with Crippen LogP contribution in [0.4, 0.5) is 4.39 Å². The lowest BCUT2D eigenvalue weighted by Crippen LogP contribution is -2.48. The molecular formula is C18H16BrClFN5O. The largest absolute Gasteiger partial charge is 0.335 e. The van der Waals surface area contributed by atoms with Crippen LogP contribution in [0.3, 0.4) is 0 Å². The van der Waals surface area contributed by atoms with E-state index in [1.807, 2.05) is 0 Å². The predicted octanol–water partition coefficient (Wildman–Crippen LogP) is 3.24. The fourth-order valence-corrected chi connectivity index (χ4v) is 3.91. The lowest BCUT2D eigenvalue weighted by molar-refractivity contribution is 0.0621. The summed E-state index contributed by atoms with van der Waals surface area (Å²) in [7, 11) is 0. The summed E-state index contributed by atoms with van der Waals surface area (Å²) in [6, 6.07) is 6.21. The molecule has 0 aliphatic carbocycles. The van der Waals surface area contributed by atoms with Gasteiger partial charge in [0.05, 0.1) is 4.47 Å². The molecule has 0 spiro atoms. The molecule has 0 radical (unpaired) electrons. The van der Waals surface area contributed by atoms with Gasteiger partial charge in [-0.1, -0.05) is 17.7 Å². The Hall–Kier alpha value is -2.03. The summed E-state index contributed by atoms with van der Waals surface area (Å²) in [6.45, 7) is 3.23. The molecule has 4 rings (SSSR count). The number of piperazine rings is 1. The molecule has 140 valence electrons. The van der Waals surface area contributed by atoms with Gasteiger partial charge in [-0.05, 0) is 39.7 Å². The quantitative estimate of drug-likeness (QED) is 0.612. The van der Waals surface area contributed by atoms with Crippen molar-refractivity contribution < 1.29 is 9.18 Å². The van der Waals surface area contributed by atoms with Crippen LogP contribution in [0.25, 0.3) is 5.65 Å². The molecule has 0 bridgehead atoms. The van der Waals surface area contributed by atoms with Gasteiger partial charge < -0.3 is 4.90 Å². The highest BCUT2D eigenvalue weighted by atomic mass is 79.9. The first-order valence-corrected chi connectivity index (χ1v) is 9.64. The van der Waals surface area contributed by atoms with Gasteiger partial charge in [-0.2, -0.15) is 5.10 Å². The Morgan fingerprint density at radius 1 is 1.26 bits per heavy atom. The smallest absolute Gasteiger partial charge is 0.275 e. The Morgan fingerprint density at radius 3 is 2.74 bits per heavy atom. The first-order valence-electron chi connectivity index (χ1n) is 8.47. The van der Waals surface area contributed by atoms with Crippen LogP contribution in [-0.4, -0.2) is 56.5 Å². The standard InChI is InChI=1S/C18H16BrClFN5O/c19-15-16(23-26-5-1-4-22-17(15)26)18(27)25-8-6-24(7-9-25)11-12-2-3-13(21)10-14(12)20/h1-5,10H,6-9,11H2.